The van der Waals surface area contributed by atoms with Gasteiger partial charge in [0, 0.05) is 18.2 Å². The fourth-order valence-electron chi connectivity index (χ4n) is 4.29. The Morgan fingerprint density at radius 3 is 2.14 bits per heavy atom. The topological polar surface area (TPSA) is 136 Å². The molecule has 5 N–H and O–H groups in total. The van der Waals surface area contributed by atoms with Gasteiger partial charge in [0.15, 0.2) is 11.5 Å². The fraction of sp³-hybridized carbons (Fsp3) is 0.182. The number of methoxy groups -OCH3 is 1. The molecular formula is C33H34N4O5. The second kappa shape index (κ2) is 14.4. The molecule has 9 nitrogen and oxygen atoms in total. The molecule has 1 amide bonds. The van der Waals surface area contributed by atoms with Gasteiger partial charge in [0.05, 0.1) is 13.2 Å². The number of carbonyl (C=O) groups excluding carboxylic acids is 2. The molecule has 0 radical (unpaired) electrons. The van der Waals surface area contributed by atoms with Crippen LogP contribution in [-0.2, 0) is 20.9 Å². The van der Waals surface area contributed by atoms with Gasteiger partial charge in [0.1, 0.15) is 25.1 Å². The number of ether oxygens (including phenoxy) is 3. The van der Waals surface area contributed by atoms with Gasteiger partial charge < -0.3 is 30.6 Å². The number of anilines is 1. The highest BCUT2D eigenvalue weighted by Gasteiger charge is 2.26. The third-order valence-corrected chi connectivity index (χ3v) is 6.50. The van der Waals surface area contributed by atoms with Crippen molar-refractivity contribution in [3.63, 3.8) is 0 Å². The number of amides is 1. The molecule has 42 heavy (non-hydrogen) atoms. The molecule has 4 aromatic carbocycles. The molecule has 0 unspecified atom stereocenters. The first-order valence-corrected chi connectivity index (χ1v) is 13.4. The van der Waals surface area contributed by atoms with Crippen LogP contribution in [0.15, 0.2) is 103 Å². The van der Waals surface area contributed by atoms with Crippen LogP contribution < -0.4 is 25.8 Å². The SMILES string of the molecule is COc1cc([C@H](Nc2ccc(C(=N)N)cc2)C(=O)N[C@H](COC(C)=O)c2ccccc2)ccc1OCc1ccccc1. The molecule has 0 heterocycles. The first-order chi connectivity index (χ1) is 20.3. The van der Waals surface area contributed by atoms with E-state index in [1.807, 2.05) is 60.7 Å². The van der Waals surface area contributed by atoms with Crippen LogP contribution in [0.25, 0.3) is 0 Å². The van der Waals surface area contributed by atoms with Gasteiger partial charge >= 0.3 is 5.97 Å². The summed E-state index contributed by atoms with van der Waals surface area (Å²) < 4.78 is 16.9. The highest BCUT2D eigenvalue weighted by Crippen LogP contribution is 2.33. The summed E-state index contributed by atoms with van der Waals surface area (Å²) >= 11 is 0. The van der Waals surface area contributed by atoms with Crippen LogP contribution in [-0.4, -0.2) is 31.4 Å². The lowest BCUT2D eigenvalue weighted by Gasteiger charge is -2.25. The summed E-state index contributed by atoms with van der Waals surface area (Å²) in [5.41, 5.74) is 9.23. The lowest BCUT2D eigenvalue weighted by molar-refractivity contribution is -0.142. The first-order valence-electron chi connectivity index (χ1n) is 13.4. The summed E-state index contributed by atoms with van der Waals surface area (Å²) in [4.78, 5) is 25.5. The molecule has 4 aromatic rings. The number of amidine groups is 1. The molecule has 216 valence electrons. The van der Waals surface area contributed by atoms with Gasteiger partial charge in [0.25, 0.3) is 0 Å². The predicted octanol–water partition coefficient (Wildman–Crippen LogP) is 5.13. The van der Waals surface area contributed by atoms with E-state index in [0.717, 1.165) is 11.1 Å². The molecule has 0 bridgehead atoms. The lowest BCUT2D eigenvalue weighted by Crippen LogP contribution is -2.38. The smallest absolute Gasteiger partial charge is 0.302 e. The Labute approximate surface area is 245 Å². The Balaban J connectivity index is 1.63. The van der Waals surface area contributed by atoms with Gasteiger partial charge in [-0.15, -0.1) is 0 Å². The van der Waals surface area contributed by atoms with Gasteiger partial charge in [-0.25, -0.2) is 0 Å². The summed E-state index contributed by atoms with van der Waals surface area (Å²) in [6, 6.07) is 29.9. The van der Waals surface area contributed by atoms with Gasteiger partial charge in [-0.3, -0.25) is 15.0 Å². The monoisotopic (exact) mass is 566 g/mol. The standard InChI is InChI=1S/C33H34N4O5/c1-22(38)41-21-28(24-11-7-4-8-12-24)37-33(39)31(36-27-16-13-25(14-17-27)32(34)35)26-15-18-29(30(19-26)40-2)42-20-23-9-5-3-6-10-23/h3-19,28,31,36H,20-21H2,1-2H3,(H3,34,35)(H,37,39)/t28-,31+/m1/s1. The minimum Gasteiger partial charge on any atom is -0.493 e. The molecule has 0 aliphatic heterocycles. The van der Waals surface area contributed by atoms with Crippen molar-refractivity contribution in [1.82, 2.24) is 5.32 Å². The summed E-state index contributed by atoms with van der Waals surface area (Å²) in [5, 5.41) is 14.0. The average molecular weight is 567 g/mol. The third-order valence-electron chi connectivity index (χ3n) is 6.50. The van der Waals surface area contributed by atoms with Crippen molar-refractivity contribution in [2.75, 3.05) is 19.0 Å². The number of hydrogen-bond donors (Lipinski definition) is 4. The van der Waals surface area contributed by atoms with Crippen molar-refractivity contribution >= 4 is 23.4 Å². The second-order valence-electron chi connectivity index (χ2n) is 9.53. The highest BCUT2D eigenvalue weighted by molar-refractivity contribution is 5.95. The Morgan fingerprint density at radius 2 is 1.52 bits per heavy atom. The number of nitrogens with one attached hydrogen (secondary N) is 3. The number of carbonyl (C=O) groups is 2. The van der Waals surface area contributed by atoms with E-state index in [9.17, 15) is 9.59 Å². The molecule has 0 saturated carbocycles. The van der Waals surface area contributed by atoms with E-state index in [-0.39, 0.29) is 18.3 Å². The van der Waals surface area contributed by atoms with E-state index in [0.29, 0.717) is 34.9 Å². The maximum Gasteiger partial charge on any atom is 0.302 e. The number of hydrogen-bond acceptors (Lipinski definition) is 7. The molecule has 0 aliphatic rings. The summed E-state index contributed by atoms with van der Waals surface area (Å²) in [5.74, 6) is 0.150. The van der Waals surface area contributed by atoms with Crippen molar-refractivity contribution in [2.45, 2.75) is 25.6 Å². The Kier molecular flexibility index (Phi) is 10.1. The summed E-state index contributed by atoms with van der Waals surface area (Å²) in [6.45, 7) is 1.66. The van der Waals surface area contributed by atoms with E-state index in [1.54, 1.807) is 49.6 Å². The van der Waals surface area contributed by atoms with Crippen molar-refractivity contribution in [3.8, 4) is 11.5 Å². The molecule has 0 saturated heterocycles. The van der Waals surface area contributed by atoms with E-state index < -0.39 is 18.1 Å². The van der Waals surface area contributed by atoms with Crippen molar-refractivity contribution < 1.29 is 23.8 Å². The van der Waals surface area contributed by atoms with E-state index in [4.69, 9.17) is 25.4 Å². The second-order valence-corrected chi connectivity index (χ2v) is 9.53. The van der Waals surface area contributed by atoms with Gasteiger partial charge in [-0.2, -0.15) is 0 Å². The number of nitrogen functional groups attached to an aromatic ring is 1. The zero-order chi connectivity index (χ0) is 29.9. The largest absolute Gasteiger partial charge is 0.493 e. The lowest BCUT2D eigenvalue weighted by atomic mass is 10.0. The molecule has 4 rings (SSSR count). The van der Waals surface area contributed by atoms with Crippen LogP contribution in [0.5, 0.6) is 11.5 Å². The van der Waals surface area contributed by atoms with Crippen LogP contribution in [0.3, 0.4) is 0 Å². The van der Waals surface area contributed by atoms with Crippen molar-refractivity contribution in [1.29, 1.82) is 5.41 Å². The predicted molar refractivity (Wildman–Crippen MR) is 162 cm³/mol. The Hall–Kier alpha value is -5.31. The van der Waals surface area contributed by atoms with Gasteiger partial charge in [0.2, 0.25) is 5.91 Å². The average Bonchev–Trinajstić information content (AvgIpc) is 3.01. The third kappa shape index (κ3) is 8.11. The van der Waals surface area contributed by atoms with E-state index in [2.05, 4.69) is 10.6 Å². The van der Waals surface area contributed by atoms with Crippen LogP contribution in [0.1, 0.15) is 41.3 Å². The van der Waals surface area contributed by atoms with Crippen LogP contribution in [0.4, 0.5) is 5.69 Å². The van der Waals surface area contributed by atoms with Crippen LogP contribution in [0, 0.1) is 5.41 Å². The normalized spacial score (nSPS) is 12.0. The van der Waals surface area contributed by atoms with Crippen molar-refractivity contribution in [3.05, 3.63) is 125 Å². The molecule has 0 aromatic heterocycles. The van der Waals surface area contributed by atoms with Gasteiger partial charge in [-0.1, -0.05) is 66.7 Å². The summed E-state index contributed by atoms with van der Waals surface area (Å²) in [7, 11) is 1.54. The van der Waals surface area contributed by atoms with E-state index in [1.165, 1.54) is 6.92 Å². The number of esters is 1. The minimum absolute atomic E-state index is 0.0271. The molecule has 2 atom stereocenters. The van der Waals surface area contributed by atoms with Gasteiger partial charge in [-0.05, 0) is 53.1 Å². The zero-order valence-corrected chi connectivity index (χ0v) is 23.5. The number of benzene rings is 4. The van der Waals surface area contributed by atoms with Crippen LogP contribution >= 0.6 is 0 Å². The first kappa shape index (κ1) is 29.7. The molecule has 9 heteroatoms. The molecule has 0 aliphatic carbocycles. The minimum atomic E-state index is -0.867. The Bertz CT molecular complexity index is 1490. The molecule has 0 spiro atoms. The quantitative estimate of drug-likeness (QED) is 0.100. The Morgan fingerprint density at radius 1 is 0.857 bits per heavy atom. The number of nitrogens with two attached hydrogens (primary N) is 1. The molecular weight excluding hydrogens is 532 g/mol. The molecule has 0 fully saturated rings. The van der Waals surface area contributed by atoms with E-state index >= 15 is 0 Å². The fourth-order valence-corrected chi connectivity index (χ4v) is 4.29. The van der Waals surface area contributed by atoms with Crippen molar-refractivity contribution in [2.24, 2.45) is 5.73 Å². The van der Waals surface area contributed by atoms with Crippen LogP contribution in [0.2, 0.25) is 0 Å². The zero-order valence-electron chi connectivity index (χ0n) is 23.5. The number of rotatable bonds is 13. The summed E-state index contributed by atoms with van der Waals surface area (Å²) in [6.07, 6.45) is 0. The maximum absolute atomic E-state index is 13.9. The highest BCUT2D eigenvalue weighted by atomic mass is 16.5. The maximum atomic E-state index is 13.9.